The summed E-state index contributed by atoms with van der Waals surface area (Å²) in [5, 5.41) is 6.30. The highest BCUT2D eigenvalue weighted by atomic mass is 32.1. The van der Waals surface area contributed by atoms with Gasteiger partial charge in [0.15, 0.2) is 5.13 Å². The molecule has 0 spiro atoms. The number of fused-ring (bicyclic) bond motifs is 2. The standard InChI is InChI=1S/C14H20N2O2S/c1-18-13(17)6-12-8-19-14(16-12)15-7-11-5-9-2-3-10(11)4-9/h8-11H,2-7H2,1H3,(H,15,16). The predicted octanol–water partition coefficient (Wildman–Crippen LogP) is 2.71. The molecule has 3 rings (SSSR count). The molecule has 19 heavy (non-hydrogen) atoms. The molecular formula is C14H20N2O2S. The number of hydrogen-bond donors (Lipinski definition) is 1. The molecular weight excluding hydrogens is 260 g/mol. The number of nitrogens with zero attached hydrogens (tertiary/aromatic N) is 1. The second-order valence-corrected chi connectivity index (χ2v) is 6.57. The summed E-state index contributed by atoms with van der Waals surface area (Å²) in [5.74, 6) is 2.52. The van der Waals surface area contributed by atoms with Crippen LogP contribution in [0.15, 0.2) is 5.38 Å². The van der Waals surface area contributed by atoms with E-state index in [9.17, 15) is 4.79 Å². The Labute approximate surface area is 117 Å². The molecule has 2 fully saturated rings. The number of aromatic nitrogens is 1. The van der Waals surface area contributed by atoms with Crippen LogP contribution in [-0.2, 0) is 16.0 Å². The molecule has 2 aliphatic rings. The monoisotopic (exact) mass is 280 g/mol. The van der Waals surface area contributed by atoms with E-state index in [4.69, 9.17) is 0 Å². The van der Waals surface area contributed by atoms with Gasteiger partial charge in [-0.2, -0.15) is 0 Å². The molecule has 2 aliphatic carbocycles. The lowest BCUT2D eigenvalue weighted by Gasteiger charge is -2.21. The zero-order chi connectivity index (χ0) is 13.2. The molecule has 1 N–H and O–H groups in total. The van der Waals surface area contributed by atoms with Gasteiger partial charge in [0.2, 0.25) is 0 Å². The van der Waals surface area contributed by atoms with Crippen molar-refractivity contribution in [3.8, 4) is 0 Å². The summed E-state index contributed by atoms with van der Waals surface area (Å²) in [5.41, 5.74) is 0.798. The Morgan fingerprint density at radius 1 is 1.53 bits per heavy atom. The Balaban J connectivity index is 1.49. The highest BCUT2D eigenvalue weighted by Gasteiger charge is 2.39. The fourth-order valence-electron chi connectivity index (χ4n) is 3.53. The van der Waals surface area contributed by atoms with Gasteiger partial charge >= 0.3 is 5.97 Å². The maximum absolute atomic E-state index is 11.2. The second-order valence-electron chi connectivity index (χ2n) is 5.71. The van der Waals surface area contributed by atoms with Gasteiger partial charge in [0.05, 0.1) is 19.2 Å². The van der Waals surface area contributed by atoms with E-state index in [0.29, 0.717) is 0 Å². The van der Waals surface area contributed by atoms with Crippen molar-refractivity contribution in [2.45, 2.75) is 32.1 Å². The predicted molar refractivity (Wildman–Crippen MR) is 75.3 cm³/mol. The van der Waals surface area contributed by atoms with E-state index in [-0.39, 0.29) is 12.4 Å². The summed E-state index contributed by atoms with van der Waals surface area (Å²) in [6, 6.07) is 0. The summed E-state index contributed by atoms with van der Waals surface area (Å²) in [6.45, 7) is 1.03. The number of esters is 1. The fourth-order valence-corrected chi connectivity index (χ4v) is 4.25. The first-order valence-electron chi connectivity index (χ1n) is 6.99. The smallest absolute Gasteiger partial charge is 0.311 e. The Bertz CT molecular complexity index is 460. The topological polar surface area (TPSA) is 51.2 Å². The number of thiazole rings is 1. The normalized spacial score (nSPS) is 28.6. The quantitative estimate of drug-likeness (QED) is 0.843. The van der Waals surface area contributed by atoms with Crippen LogP contribution in [0.4, 0.5) is 5.13 Å². The third-order valence-electron chi connectivity index (χ3n) is 4.50. The SMILES string of the molecule is COC(=O)Cc1csc(NCC2CC3CCC2C3)n1. The number of anilines is 1. The van der Waals surface area contributed by atoms with Crippen LogP contribution in [0.1, 0.15) is 31.4 Å². The number of carbonyl (C=O) groups excluding carboxylic acids is 1. The van der Waals surface area contributed by atoms with Crippen LogP contribution in [0, 0.1) is 17.8 Å². The van der Waals surface area contributed by atoms with E-state index in [1.807, 2.05) is 5.38 Å². The van der Waals surface area contributed by atoms with E-state index < -0.39 is 0 Å². The molecule has 1 aromatic rings. The Kier molecular flexibility index (Phi) is 3.73. The van der Waals surface area contributed by atoms with Crippen LogP contribution in [0.3, 0.4) is 0 Å². The summed E-state index contributed by atoms with van der Waals surface area (Å²) in [6.07, 6.45) is 5.96. The minimum Gasteiger partial charge on any atom is -0.469 e. The molecule has 1 aromatic heterocycles. The van der Waals surface area contributed by atoms with E-state index in [2.05, 4.69) is 15.0 Å². The van der Waals surface area contributed by atoms with Crippen LogP contribution in [0.5, 0.6) is 0 Å². The Morgan fingerprint density at radius 3 is 3.11 bits per heavy atom. The third-order valence-corrected chi connectivity index (χ3v) is 5.35. The zero-order valence-corrected chi connectivity index (χ0v) is 12.0. The number of ether oxygens (including phenoxy) is 1. The Hall–Kier alpha value is -1.10. The van der Waals surface area contributed by atoms with Crippen LogP contribution in [0.2, 0.25) is 0 Å². The molecule has 0 aliphatic heterocycles. The summed E-state index contributed by atoms with van der Waals surface area (Å²) in [7, 11) is 1.41. The average Bonchev–Trinajstić information content (AvgIpc) is 3.12. The molecule has 104 valence electrons. The van der Waals surface area contributed by atoms with Crippen molar-refractivity contribution in [1.29, 1.82) is 0 Å². The molecule has 0 amide bonds. The number of hydrogen-bond acceptors (Lipinski definition) is 5. The van der Waals surface area contributed by atoms with Gasteiger partial charge < -0.3 is 10.1 Å². The van der Waals surface area contributed by atoms with Gasteiger partial charge in [0, 0.05) is 11.9 Å². The lowest BCUT2D eigenvalue weighted by atomic mass is 9.89. The van der Waals surface area contributed by atoms with Crippen molar-refractivity contribution >= 4 is 22.4 Å². The maximum Gasteiger partial charge on any atom is 0.311 e. The molecule has 0 saturated heterocycles. The van der Waals surface area contributed by atoms with Gasteiger partial charge in [-0.25, -0.2) is 4.98 Å². The molecule has 2 bridgehead atoms. The molecule has 3 atom stereocenters. The summed E-state index contributed by atoms with van der Waals surface area (Å²) in [4.78, 5) is 15.6. The van der Waals surface area contributed by atoms with Gasteiger partial charge in [-0.3, -0.25) is 4.79 Å². The molecule has 5 heteroatoms. The molecule has 2 saturated carbocycles. The van der Waals surface area contributed by atoms with Crippen molar-refractivity contribution in [2.24, 2.45) is 17.8 Å². The van der Waals surface area contributed by atoms with Gasteiger partial charge in [-0.15, -0.1) is 11.3 Å². The van der Waals surface area contributed by atoms with E-state index >= 15 is 0 Å². The first-order valence-corrected chi connectivity index (χ1v) is 7.87. The molecule has 1 heterocycles. The first kappa shape index (κ1) is 12.9. The molecule has 0 aromatic carbocycles. The van der Waals surface area contributed by atoms with Gasteiger partial charge in [0.1, 0.15) is 0 Å². The number of nitrogens with one attached hydrogen (secondary N) is 1. The van der Waals surface area contributed by atoms with Crippen LogP contribution >= 0.6 is 11.3 Å². The summed E-state index contributed by atoms with van der Waals surface area (Å²) < 4.78 is 4.64. The number of methoxy groups -OCH3 is 1. The van der Waals surface area contributed by atoms with E-state index in [1.165, 1.54) is 32.8 Å². The van der Waals surface area contributed by atoms with Crippen LogP contribution < -0.4 is 5.32 Å². The molecule has 3 unspecified atom stereocenters. The van der Waals surface area contributed by atoms with E-state index in [0.717, 1.165) is 35.1 Å². The lowest BCUT2D eigenvalue weighted by molar-refractivity contribution is -0.139. The highest BCUT2D eigenvalue weighted by molar-refractivity contribution is 7.13. The van der Waals surface area contributed by atoms with Crippen LogP contribution in [-0.4, -0.2) is 24.6 Å². The maximum atomic E-state index is 11.2. The second kappa shape index (κ2) is 5.49. The van der Waals surface area contributed by atoms with Crippen molar-refractivity contribution < 1.29 is 9.53 Å². The third kappa shape index (κ3) is 2.91. The Morgan fingerprint density at radius 2 is 2.42 bits per heavy atom. The lowest BCUT2D eigenvalue weighted by Crippen LogP contribution is -2.20. The summed E-state index contributed by atoms with van der Waals surface area (Å²) >= 11 is 1.58. The molecule has 4 nitrogen and oxygen atoms in total. The first-order chi connectivity index (χ1) is 9.24. The molecule has 0 radical (unpaired) electrons. The van der Waals surface area contributed by atoms with Crippen molar-refractivity contribution in [3.05, 3.63) is 11.1 Å². The number of carbonyl (C=O) groups is 1. The zero-order valence-electron chi connectivity index (χ0n) is 11.2. The van der Waals surface area contributed by atoms with Crippen molar-refractivity contribution in [3.63, 3.8) is 0 Å². The average molecular weight is 280 g/mol. The van der Waals surface area contributed by atoms with Gasteiger partial charge in [-0.05, 0) is 37.0 Å². The van der Waals surface area contributed by atoms with Crippen LogP contribution in [0.25, 0.3) is 0 Å². The minimum atomic E-state index is -0.232. The largest absolute Gasteiger partial charge is 0.469 e. The highest BCUT2D eigenvalue weighted by Crippen LogP contribution is 2.48. The fraction of sp³-hybridized carbons (Fsp3) is 0.714. The van der Waals surface area contributed by atoms with Gasteiger partial charge in [0.25, 0.3) is 0 Å². The van der Waals surface area contributed by atoms with Crippen molar-refractivity contribution in [1.82, 2.24) is 4.98 Å². The number of rotatable bonds is 5. The van der Waals surface area contributed by atoms with Gasteiger partial charge in [-0.1, -0.05) is 6.42 Å². The van der Waals surface area contributed by atoms with E-state index in [1.54, 1.807) is 11.3 Å². The minimum absolute atomic E-state index is 0.232. The van der Waals surface area contributed by atoms with Crippen molar-refractivity contribution in [2.75, 3.05) is 19.0 Å².